The lowest BCUT2D eigenvalue weighted by Crippen LogP contribution is -2.38. The van der Waals surface area contributed by atoms with Crippen LogP contribution in [0.25, 0.3) is 11.5 Å². The number of benzene rings is 1. The quantitative estimate of drug-likeness (QED) is 0.765. The number of aromatic nitrogens is 4. The number of nitrogens with one attached hydrogen (secondary N) is 1. The van der Waals surface area contributed by atoms with Crippen molar-refractivity contribution in [2.24, 2.45) is 7.05 Å². The summed E-state index contributed by atoms with van der Waals surface area (Å²) in [6.07, 6.45) is 5.65. The van der Waals surface area contributed by atoms with Crippen LogP contribution in [0.3, 0.4) is 0 Å². The molecule has 0 bridgehead atoms. The fourth-order valence-electron chi connectivity index (χ4n) is 3.35. The van der Waals surface area contributed by atoms with Gasteiger partial charge in [-0.15, -0.1) is 0 Å². The average Bonchev–Trinajstić information content (AvgIpc) is 3.25. The van der Waals surface area contributed by atoms with Gasteiger partial charge in [-0.25, -0.2) is 4.79 Å². The number of likely N-dealkylation sites (tertiary alicyclic amines) is 1. The minimum Gasteiger partial charge on any atom is -0.334 e. The van der Waals surface area contributed by atoms with Gasteiger partial charge in [0.2, 0.25) is 0 Å². The van der Waals surface area contributed by atoms with Gasteiger partial charge in [-0.2, -0.15) is 10.1 Å². The summed E-state index contributed by atoms with van der Waals surface area (Å²) in [6, 6.07) is 11.0. The zero-order valence-electron chi connectivity index (χ0n) is 15.2. The molecule has 3 heterocycles. The number of amides is 2. The molecule has 2 amide bonds. The summed E-state index contributed by atoms with van der Waals surface area (Å²) < 4.78 is 7.11. The maximum absolute atomic E-state index is 12.9. The first-order chi connectivity index (χ1) is 13.2. The Morgan fingerprint density at radius 1 is 1.19 bits per heavy atom. The van der Waals surface area contributed by atoms with Crippen LogP contribution in [-0.2, 0) is 7.05 Å². The van der Waals surface area contributed by atoms with Crippen LogP contribution in [0.2, 0.25) is 0 Å². The van der Waals surface area contributed by atoms with E-state index in [-0.39, 0.29) is 12.1 Å². The molecule has 8 heteroatoms. The lowest BCUT2D eigenvalue weighted by Gasteiger charge is -2.27. The molecule has 0 aliphatic carbocycles. The van der Waals surface area contributed by atoms with E-state index >= 15 is 0 Å². The summed E-state index contributed by atoms with van der Waals surface area (Å²) in [5.74, 6) is 1.55. The van der Waals surface area contributed by atoms with Gasteiger partial charge in [-0.05, 0) is 25.0 Å². The fraction of sp³-hybridized carbons (Fsp3) is 0.368. The third-order valence-corrected chi connectivity index (χ3v) is 4.72. The predicted octanol–water partition coefficient (Wildman–Crippen LogP) is 3.62. The summed E-state index contributed by atoms with van der Waals surface area (Å²) >= 11 is 0. The summed E-state index contributed by atoms with van der Waals surface area (Å²) in [5, 5.41) is 11.3. The van der Waals surface area contributed by atoms with E-state index in [4.69, 9.17) is 4.52 Å². The topological polar surface area (TPSA) is 89.1 Å². The van der Waals surface area contributed by atoms with Crippen molar-refractivity contribution < 1.29 is 9.32 Å². The van der Waals surface area contributed by atoms with E-state index in [1.165, 1.54) is 0 Å². The first kappa shape index (κ1) is 17.3. The molecule has 0 radical (unpaired) electrons. The molecular weight excluding hydrogens is 344 g/mol. The number of urea groups is 1. The van der Waals surface area contributed by atoms with Crippen molar-refractivity contribution in [1.29, 1.82) is 0 Å². The van der Waals surface area contributed by atoms with Crippen molar-refractivity contribution in [1.82, 2.24) is 24.8 Å². The number of hydrogen-bond acceptors (Lipinski definition) is 5. The van der Waals surface area contributed by atoms with Gasteiger partial charge in [-0.3, -0.25) is 10.00 Å². The van der Waals surface area contributed by atoms with Crippen LogP contribution in [0, 0.1) is 0 Å². The Hall–Kier alpha value is -3.16. The normalized spacial score (nSPS) is 17.5. The Morgan fingerprint density at radius 3 is 2.81 bits per heavy atom. The molecule has 1 aliphatic heterocycles. The number of anilines is 1. The van der Waals surface area contributed by atoms with Crippen LogP contribution in [0.5, 0.6) is 0 Å². The molecule has 4 rings (SSSR count). The molecule has 1 aromatic carbocycles. The maximum atomic E-state index is 12.9. The highest BCUT2D eigenvalue weighted by atomic mass is 16.5. The Morgan fingerprint density at radius 2 is 2.04 bits per heavy atom. The van der Waals surface area contributed by atoms with Gasteiger partial charge in [0.1, 0.15) is 0 Å². The van der Waals surface area contributed by atoms with Crippen molar-refractivity contribution in [2.75, 3.05) is 11.9 Å². The molecule has 1 saturated heterocycles. The monoisotopic (exact) mass is 366 g/mol. The van der Waals surface area contributed by atoms with Gasteiger partial charge in [0.15, 0.2) is 11.6 Å². The second-order valence-corrected chi connectivity index (χ2v) is 6.69. The smallest absolute Gasteiger partial charge is 0.323 e. The highest BCUT2D eigenvalue weighted by Gasteiger charge is 2.31. The Balaban J connectivity index is 1.57. The fourth-order valence-corrected chi connectivity index (χ4v) is 3.35. The zero-order valence-corrected chi connectivity index (χ0v) is 15.2. The van der Waals surface area contributed by atoms with E-state index < -0.39 is 0 Å². The van der Waals surface area contributed by atoms with E-state index in [1.54, 1.807) is 21.8 Å². The molecule has 0 spiro atoms. The van der Waals surface area contributed by atoms with E-state index in [0.29, 0.717) is 24.1 Å². The van der Waals surface area contributed by atoms with Crippen LogP contribution in [0.1, 0.15) is 37.5 Å². The number of carbonyl (C=O) groups is 1. The Kier molecular flexibility index (Phi) is 4.86. The van der Waals surface area contributed by atoms with Gasteiger partial charge < -0.3 is 9.42 Å². The van der Waals surface area contributed by atoms with Crippen LogP contribution < -0.4 is 5.32 Å². The third-order valence-electron chi connectivity index (χ3n) is 4.72. The van der Waals surface area contributed by atoms with Gasteiger partial charge in [0.05, 0.1) is 6.04 Å². The minimum atomic E-state index is -0.211. The summed E-state index contributed by atoms with van der Waals surface area (Å²) in [5.41, 5.74) is 0.870. The molecule has 1 fully saturated rings. The summed E-state index contributed by atoms with van der Waals surface area (Å²) in [7, 11) is 1.81. The van der Waals surface area contributed by atoms with Gasteiger partial charge in [0.25, 0.3) is 5.89 Å². The number of aryl methyl sites for hydroxylation is 1. The first-order valence-electron chi connectivity index (χ1n) is 9.17. The van der Waals surface area contributed by atoms with Gasteiger partial charge in [-0.1, -0.05) is 36.2 Å². The lowest BCUT2D eigenvalue weighted by molar-refractivity contribution is 0.184. The highest BCUT2D eigenvalue weighted by molar-refractivity contribution is 5.88. The number of carbonyl (C=O) groups excluding carboxylic acids is 1. The van der Waals surface area contributed by atoms with Crippen LogP contribution in [0.4, 0.5) is 10.6 Å². The van der Waals surface area contributed by atoms with E-state index in [0.717, 1.165) is 31.2 Å². The maximum Gasteiger partial charge on any atom is 0.323 e. The van der Waals surface area contributed by atoms with Crippen molar-refractivity contribution in [3.05, 3.63) is 48.4 Å². The Labute approximate surface area is 157 Å². The highest BCUT2D eigenvalue weighted by Crippen LogP contribution is 2.30. The van der Waals surface area contributed by atoms with Crippen molar-refractivity contribution in [2.45, 2.75) is 31.7 Å². The average molecular weight is 366 g/mol. The molecular formula is C19H22N6O2. The van der Waals surface area contributed by atoms with Gasteiger partial charge in [0, 0.05) is 31.4 Å². The molecule has 1 N–H and O–H groups in total. The molecule has 27 heavy (non-hydrogen) atoms. The lowest BCUT2D eigenvalue weighted by atomic mass is 10.1. The molecule has 0 unspecified atom stereocenters. The number of nitrogens with zero attached hydrogens (tertiary/aromatic N) is 5. The van der Waals surface area contributed by atoms with Crippen molar-refractivity contribution in [3.8, 4) is 11.5 Å². The summed E-state index contributed by atoms with van der Waals surface area (Å²) in [6.45, 7) is 0.651. The second-order valence-electron chi connectivity index (χ2n) is 6.69. The van der Waals surface area contributed by atoms with Crippen LogP contribution in [-0.4, -0.2) is 37.4 Å². The largest absolute Gasteiger partial charge is 0.334 e. The number of rotatable bonds is 3. The van der Waals surface area contributed by atoms with Crippen molar-refractivity contribution in [3.63, 3.8) is 0 Å². The van der Waals surface area contributed by atoms with E-state index in [2.05, 4.69) is 20.6 Å². The van der Waals surface area contributed by atoms with E-state index in [1.807, 2.05) is 37.4 Å². The molecule has 1 aliphatic rings. The van der Waals surface area contributed by atoms with Crippen molar-refractivity contribution >= 4 is 11.8 Å². The SMILES string of the molecule is Cn1ccc(NC(=O)N2CCCCC[C@H]2c2noc(-c3ccccc3)n2)n1. The van der Waals surface area contributed by atoms with Crippen LogP contribution >= 0.6 is 0 Å². The predicted molar refractivity (Wildman–Crippen MR) is 99.9 cm³/mol. The molecule has 140 valence electrons. The van der Waals surface area contributed by atoms with E-state index in [9.17, 15) is 4.79 Å². The number of hydrogen-bond donors (Lipinski definition) is 1. The molecule has 1 atom stereocenters. The summed E-state index contributed by atoms with van der Waals surface area (Å²) in [4.78, 5) is 19.2. The third kappa shape index (κ3) is 3.84. The second kappa shape index (κ2) is 7.61. The zero-order chi connectivity index (χ0) is 18.6. The van der Waals surface area contributed by atoms with Gasteiger partial charge >= 0.3 is 6.03 Å². The molecule has 0 saturated carbocycles. The first-order valence-corrected chi connectivity index (χ1v) is 9.17. The Bertz CT molecular complexity index is 904. The molecule has 8 nitrogen and oxygen atoms in total. The van der Waals surface area contributed by atoms with Crippen LogP contribution in [0.15, 0.2) is 47.1 Å². The molecule has 2 aromatic heterocycles. The minimum absolute atomic E-state index is 0.188. The standard InChI is InChI=1S/C19H22N6O2/c1-24-13-11-16(22-24)20-19(26)25-12-7-3-6-10-15(25)17-21-18(27-23-17)14-8-4-2-5-9-14/h2,4-5,8-9,11,13,15H,3,6-7,10,12H2,1H3,(H,20,22,26)/t15-/m0/s1. The molecule has 3 aromatic rings.